The van der Waals surface area contributed by atoms with E-state index in [0.717, 1.165) is 5.56 Å². The number of aliphatic hydroxyl groups is 1. The first-order valence-electron chi connectivity index (χ1n) is 6.94. The van der Waals surface area contributed by atoms with Gasteiger partial charge in [0.25, 0.3) is 0 Å². The predicted molar refractivity (Wildman–Crippen MR) is 81.8 cm³/mol. The Bertz CT molecular complexity index is 422. The van der Waals surface area contributed by atoms with Gasteiger partial charge in [-0.05, 0) is 45.4 Å². The fourth-order valence-electron chi connectivity index (χ4n) is 1.76. The number of hydrogen-bond donors (Lipinski definition) is 2. The first kappa shape index (κ1) is 17.1. The highest BCUT2D eigenvalue weighted by atomic mass is 35.5. The lowest BCUT2D eigenvalue weighted by atomic mass is 10.2. The second-order valence-electron chi connectivity index (χ2n) is 4.98. The number of nitrogens with one attached hydrogen (secondary N) is 1. The molecule has 1 aromatic rings. The van der Waals surface area contributed by atoms with Gasteiger partial charge < -0.3 is 19.9 Å². The summed E-state index contributed by atoms with van der Waals surface area (Å²) in [6, 6.07) is 3.78. The van der Waals surface area contributed by atoms with Crippen LogP contribution in [0.2, 0.25) is 5.02 Å². The molecule has 0 spiro atoms. The first-order chi connectivity index (χ1) is 9.43. The number of halogens is 1. The number of ether oxygens (including phenoxy) is 2. The van der Waals surface area contributed by atoms with Crippen molar-refractivity contribution in [3.8, 4) is 11.5 Å². The molecular weight excluding hydrogens is 278 g/mol. The minimum absolute atomic E-state index is 0.0333. The molecule has 4 nitrogen and oxygen atoms in total. The summed E-state index contributed by atoms with van der Waals surface area (Å²) in [4.78, 5) is 0. The molecule has 0 fully saturated rings. The van der Waals surface area contributed by atoms with Gasteiger partial charge in [0, 0.05) is 13.1 Å². The van der Waals surface area contributed by atoms with E-state index in [1.165, 1.54) is 0 Å². The minimum Gasteiger partial charge on any atom is -0.490 e. The molecule has 114 valence electrons. The Hall–Kier alpha value is -0.970. The Morgan fingerprint density at radius 2 is 2.00 bits per heavy atom. The van der Waals surface area contributed by atoms with E-state index in [4.69, 9.17) is 21.1 Å². The van der Waals surface area contributed by atoms with Crippen LogP contribution in [0.5, 0.6) is 11.5 Å². The average molecular weight is 302 g/mol. The Morgan fingerprint density at radius 3 is 2.55 bits per heavy atom. The molecule has 0 aromatic heterocycles. The van der Waals surface area contributed by atoms with Crippen LogP contribution in [0.25, 0.3) is 0 Å². The molecule has 20 heavy (non-hydrogen) atoms. The van der Waals surface area contributed by atoms with Gasteiger partial charge in [0.05, 0.1) is 23.8 Å². The maximum absolute atomic E-state index is 9.23. The van der Waals surface area contributed by atoms with E-state index in [2.05, 4.69) is 5.32 Å². The lowest BCUT2D eigenvalue weighted by molar-refractivity contribution is 0.191. The molecule has 0 saturated carbocycles. The largest absolute Gasteiger partial charge is 0.490 e. The van der Waals surface area contributed by atoms with Gasteiger partial charge in [-0.1, -0.05) is 11.6 Å². The number of hydrogen-bond acceptors (Lipinski definition) is 4. The maximum Gasteiger partial charge on any atom is 0.180 e. The van der Waals surface area contributed by atoms with E-state index < -0.39 is 0 Å². The number of aliphatic hydroxyl groups excluding tert-OH is 1. The quantitative estimate of drug-likeness (QED) is 0.775. The summed E-state index contributed by atoms with van der Waals surface area (Å²) in [5, 5.41) is 12.9. The van der Waals surface area contributed by atoms with E-state index in [0.29, 0.717) is 36.2 Å². The van der Waals surface area contributed by atoms with Crippen molar-refractivity contribution in [2.24, 2.45) is 0 Å². The van der Waals surface area contributed by atoms with Crippen LogP contribution in [0, 0.1) is 0 Å². The molecular formula is C15H24ClNO3. The SMILES string of the molecule is CCOc1cc(CNC[C@H](C)O)cc(Cl)c1OC(C)C. The molecule has 5 heteroatoms. The molecule has 0 bridgehead atoms. The summed E-state index contributed by atoms with van der Waals surface area (Å²) < 4.78 is 11.3. The fraction of sp³-hybridized carbons (Fsp3) is 0.600. The smallest absolute Gasteiger partial charge is 0.180 e. The Labute approximate surface area is 126 Å². The van der Waals surface area contributed by atoms with Gasteiger partial charge in [0.15, 0.2) is 11.5 Å². The Morgan fingerprint density at radius 1 is 1.30 bits per heavy atom. The van der Waals surface area contributed by atoms with Crippen LogP contribution in [0.1, 0.15) is 33.3 Å². The summed E-state index contributed by atoms with van der Waals surface area (Å²) in [5.74, 6) is 1.24. The molecule has 1 atom stereocenters. The van der Waals surface area contributed by atoms with Crippen LogP contribution in [-0.4, -0.2) is 30.5 Å². The van der Waals surface area contributed by atoms with Crippen LogP contribution < -0.4 is 14.8 Å². The van der Waals surface area contributed by atoms with Crippen molar-refractivity contribution in [1.29, 1.82) is 0 Å². The topological polar surface area (TPSA) is 50.7 Å². The Balaban J connectivity index is 2.88. The van der Waals surface area contributed by atoms with Gasteiger partial charge in [-0.15, -0.1) is 0 Å². The molecule has 1 aromatic carbocycles. The standard InChI is InChI=1S/C15H24ClNO3/c1-5-19-14-7-12(9-17-8-11(4)18)6-13(16)15(14)20-10(2)3/h6-7,10-11,17-18H,5,8-9H2,1-4H3/t11-/m0/s1. The third kappa shape index (κ3) is 5.57. The normalized spacial score (nSPS) is 12.6. The molecule has 0 aliphatic rings. The third-order valence-corrected chi connectivity index (χ3v) is 2.77. The second kappa shape index (κ2) is 8.35. The van der Waals surface area contributed by atoms with Crippen molar-refractivity contribution in [1.82, 2.24) is 5.32 Å². The maximum atomic E-state index is 9.23. The molecule has 2 N–H and O–H groups in total. The number of rotatable bonds is 8. The Kier molecular flexibility index (Phi) is 7.13. The first-order valence-corrected chi connectivity index (χ1v) is 7.32. The highest BCUT2D eigenvalue weighted by Crippen LogP contribution is 2.37. The van der Waals surface area contributed by atoms with Crippen molar-refractivity contribution in [2.75, 3.05) is 13.2 Å². The van der Waals surface area contributed by atoms with Crippen molar-refractivity contribution >= 4 is 11.6 Å². The van der Waals surface area contributed by atoms with Crippen molar-refractivity contribution in [3.05, 3.63) is 22.7 Å². The summed E-state index contributed by atoms with van der Waals surface area (Å²) in [7, 11) is 0. The van der Waals surface area contributed by atoms with Crippen LogP contribution in [0.15, 0.2) is 12.1 Å². The van der Waals surface area contributed by atoms with Gasteiger partial charge in [0.1, 0.15) is 0 Å². The van der Waals surface area contributed by atoms with Crippen LogP contribution in [0.4, 0.5) is 0 Å². The molecule has 1 rings (SSSR count). The van der Waals surface area contributed by atoms with Gasteiger partial charge >= 0.3 is 0 Å². The molecule has 0 amide bonds. The lowest BCUT2D eigenvalue weighted by Gasteiger charge is -2.17. The zero-order chi connectivity index (χ0) is 15.1. The van der Waals surface area contributed by atoms with Gasteiger partial charge in [0.2, 0.25) is 0 Å². The molecule has 0 radical (unpaired) electrons. The van der Waals surface area contributed by atoms with Crippen LogP contribution >= 0.6 is 11.6 Å². The third-order valence-electron chi connectivity index (χ3n) is 2.49. The van der Waals surface area contributed by atoms with Crippen LogP contribution in [-0.2, 0) is 6.54 Å². The zero-order valence-corrected chi connectivity index (χ0v) is 13.3. The van der Waals surface area contributed by atoms with Crippen molar-refractivity contribution in [3.63, 3.8) is 0 Å². The second-order valence-corrected chi connectivity index (χ2v) is 5.39. The van der Waals surface area contributed by atoms with E-state index in [1.54, 1.807) is 6.92 Å². The van der Waals surface area contributed by atoms with E-state index in [-0.39, 0.29) is 12.2 Å². The average Bonchev–Trinajstić information content (AvgIpc) is 2.33. The minimum atomic E-state index is -0.375. The van der Waals surface area contributed by atoms with Gasteiger partial charge in [-0.25, -0.2) is 0 Å². The predicted octanol–water partition coefficient (Wildman–Crippen LogP) is 3.00. The number of benzene rings is 1. The zero-order valence-electron chi connectivity index (χ0n) is 12.6. The molecule has 0 saturated heterocycles. The molecule has 0 heterocycles. The highest BCUT2D eigenvalue weighted by Gasteiger charge is 2.14. The summed E-state index contributed by atoms with van der Waals surface area (Å²) in [6.07, 6.45) is -0.341. The van der Waals surface area contributed by atoms with Crippen molar-refractivity contribution < 1.29 is 14.6 Å². The summed E-state index contributed by atoms with van der Waals surface area (Å²) in [6.45, 7) is 9.26. The highest BCUT2D eigenvalue weighted by molar-refractivity contribution is 6.32. The molecule has 0 aliphatic heterocycles. The van der Waals surface area contributed by atoms with E-state index in [1.807, 2.05) is 32.9 Å². The van der Waals surface area contributed by atoms with E-state index in [9.17, 15) is 5.11 Å². The van der Waals surface area contributed by atoms with Crippen molar-refractivity contribution in [2.45, 2.75) is 46.4 Å². The van der Waals surface area contributed by atoms with Crippen LogP contribution in [0.3, 0.4) is 0 Å². The van der Waals surface area contributed by atoms with Gasteiger partial charge in [-0.3, -0.25) is 0 Å². The summed E-state index contributed by atoms with van der Waals surface area (Å²) >= 11 is 6.27. The summed E-state index contributed by atoms with van der Waals surface area (Å²) in [5.41, 5.74) is 0.996. The lowest BCUT2D eigenvalue weighted by Crippen LogP contribution is -2.23. The van der Waals surface area contributed by atoms with Gasteiger partial charge in [-0.2, -0.15) is 0 Å². The molecule has 0 aliphatic carbocycles. The molecule has 0 unspecified atom stereocenters. The monoisotopic (exact) mass is 301 g/mol. The fourth-order valence-corrected chi connectivity index (χ4v) is 2.04. The van der Waals surface area contributed by atoms with E-state index >= 15 is 0 Å².